The maximum absolute atomic E-state index is 12.7. The molecule has 160 valence electrons. The second-order valence-corrected chi connectivity index (χ2v) is 9.11. The van der Waals surface area contributed by atoms with Crippen LogP contribution >= 0.6 is 0 Å². The van der Waals surface area contributed by atoms with Crippen LogP contribution in [-0.4, -0.2) is 53.8 Å². The van der Waals surface area contributed by atoms with Crippen LogP contribution in [0.1, 0.15) is 31.2 Å². The van der Waals surface area contributed by atoms with Crippen molar-refractivity contribution in [1.82, 2.24) is 20.1 Å². The first-order valence-corrected chi connectivity index (χ1v) is 11.2. The molecule has 0 fully saturated rings. The van der Waals surface area contributed by atoms with E-state index in [-0.39, 0.29) is 29.1 Å². The number of anilines is 1. The average Bonchev–Trinajstić information content (AvgIpc) is 3.32. The van der Waals surface area contributed by atoms with Gasteiger partial charge in [0, 0.05) is 24.1 Å². The van der Waals surface area contributed by atoms with Gasteiger partial charge < -0.3 is 10.2 Å². The first kappa shape index (κ1) is 20.7. The number of benzene rings is 2. The highest BCUT2D eigenvalue weighted by Crippen LogP contribution is 2.28. The molecule has 31 heavy (non-hydrogen) atoms. The second-order valence-electron chi connectivity index (χ2n) is 7.53. The number of hydrogen-bond acceptors (Lipinski definition) is 6. The summed E-state index contributed by atoms with van der Waals surface area (Å²) in [5.41, 5.74) is 1.74. The monoisotopic (exact) mass is 438 g/mol. The van der Waals surface area contributed by atoms with Crippen molar-refractivity contribution in [2.45, 2.75) is 24.7 Å². The number of aromatic amines is 1. The van der Waals surface area contributed by atoms with Crippen LogP contribution in [0.25, 0.3) is 11.4 Å². The Labute approximate surface area is 180 Å². The SMILES string of the molecule is CC(C)c1nc(-c2ccccc2NC(=O)CN(C)C2=NS(=O)(=O)c3ccccc32)n[nH]1. The summed E-state index contributed by atoms with van der Waals surface area (Å²) < 4.78 is 28.4. The van der Waals surface area contributed by atoms with Crippen LogP contribution in [0.15, 0.2) is 57.8 Å². The summed E-state index contributed by atoms with van der Waals surface area (Å²) in [4.78, 5) is 18.9. The third-order valence-electron chi connectivity index (χ3n) is 4.85. The van der Waals surface area contributed by atoms with Crippen molar-refractivity contribution in [2.75, 3.05) is 18.9 Å². The summed E-state index contributed by atoms with van der Waals surface area (Å²) >= 11 is 0. The van der Waals surface area contributed by atoms with E-state index >= 15 is 0 Å². The van der Waals surface area contributed by atoms with Crippen LogP contribution in [0.4, 0.5) is 5.69 Å². The number of likely N-dealkylation sites (N-methyl/N-ethyl adjacent to an activating group) is 1. The maximum atomic E-state index is 12.7. The Balaban J connectivity index is 1.53. The summed E-state index contributed by atoms with van der Waals surface area (Å²) in [6.07, 6.45) is 0. The molecule has 0 aliphatic carbocycles. The Hall–Kier alpha value is -3.53. The van der Waals surface area contributed by atoms with Crippen molar-refractivity contribution in [3.05, 3.63) is 59.9 Å². The number of carbonyl (C=O) groups is 1. The lowest BCUT2D eigenvalue weighted by atomic mass is 10.1. The summed E-state index contributed by atoms with van der Waals surface area (Å²) in [5, 5.41) is 10.0. The fourth-order valence-corrected chi connectivity index (χ4v) is 4.54. The zero-order valence-corrected chi connectivity index (χ0v) is 18.1. The van der Waals surface area contributed by atoms with E-state index in [4.69, 9.17) is 0 Å². The molecule has 3 aromatic rings. The summed E-state index contributed by atoms with van der Waals surface area (Å²) in [7, 11) is -2.12. The van der Waals surface area contributed by atoms with Crippen LogP contribution in [-0.2, 0) is 14.8 Å². The fourth-order valence-electron chi connectivity index (χ4n) is 3.28. The van der Waals surface area contributed by atoms with E-state index < -0.39 is 10.0 Å². The summed E-state index contributed by atoms with van der Waals surface area (Å²) in [6, 6.07) is 13.8. The van der Waals surface area contributed by atoms with Crippen LogP contribution in [0.2, 0.25) is 0 Å². The minimum atomic E-state index is -3.75. The third kappa shape index (κ3) is 4.06. The lowest BCUT2D eigenvalue weighted by Gasteiger charge is -2.19. The zero-order chi connectivity index (χ0) is 22.2. The number of amidine groups is 1. The van der Waals surface area contributed by atoms with E-state index in [0.29, 0.717) is 22.6 Å². The van der Waals surface area contributed by atoms with Crippen molar-refractivity contribution < 1.29 is 13.2 Å². The molecule has 0 atom stereocenters. The Morgan fingerprint density at radius 3 is 2.48 bits per heavy atom. The van der Waals surface area contributed by atoms with Crippen LogP contribution in [0.5, 0.6) is 0 Å². The third-order valence-corrected chi connectivity index (χ3v) is 6.17. The molecule has 4 rings (SSSR count). The lowest BCUT2D eigenvalue weighted by Crippen LogP contribution is -2.35. The Bertz CT molecular complexity index is 1280. The first-order chi connectivity index (χ1) is 14.8. The predicted octanol–water partition coefficient (Wildman–Crippen LogP) is 2.61. The molecule has 0 bridgehead atoms. The lowest BCUT2D eigenvalue weighted by molar-refractivity contribution is -0.116. The topological polar surface area (TPSA) is 120 Å². The largest absolute Gasteiger partial charge is 0.349 e. The molecular weight excluding hydrogens is 416 g/mol. The first-order valence-electron chi connectivity index (χ1n) is 9.73. The van der Waals surface area contributed by atoms with Gasteiger partial charge in [0.05, 0.1) is 12.2 Å². The number of nitrogens with zero attached hydrogens (tertiary/aromatic N) is 4. The van der Waals surface area contributed by atoms with Gasteiger partial charge in [0.15, 0.2) is 11.7 Å². The van der Waals surface area contributed by atoms with Gasteiger partial charge in [-0.05, 0) is 24.3 Å². The predicted molar refractivity (Wildman–Crippen MR) is 117 cm³/mol. The smallest absolute Gasteiger partial charge is 0.285 e. The minimum absolute atomic E-state index is 0.0811. The Kier molecular flexibility index (Phi) is 5.32. The molecule has 2 aromatic carbocycles. The van der Waals surface area contributed by atoms with Gasteiger partial charge in [-0.3, -0.25) is 9.89 Å². The molecule has 2 N–H and O–H groups in total. The molecule has 1 aliphatic heterocycles. The van der Waals surface area contributed by atoms with Crippen LogP contribution in [0, 0.1) is 0 Å². The molecule has 10 heteroatoms. The van der Waals surface area contributed by atoms with Crippen molar-refractivity contribution in [3.8, 4) is 11.4 Å². The highest BCUT2D eigenvalue weighted by Gasteiger charge is 2.31. The number of hydrogen-bond donors (Lipinski definition) is 2. The number of fused-ring (bicyclic) bond motifs is 1. The number of aromatic nitrogens is 3. The second kappa shape index (κ2) is 7.95. The Morgan fingerprint density at radius 2 is 1.77 bits per heavy atom. The average molecular weight is 439 g/mol. The maximum Gasteiger partial charge on any atom is 0.285 e. The van der Waals surface area contributed by atoms with Crippen molar-refractivity contribution in [3.63, 3.8) is 0 Å². The van der Waals surface area contributed by atoms with Crippen molar-refractivity contribution in [2.24, 2.45) is 4.40 Å². The number of sulfonamides is 1. The zero-order valence-electron chi connectivity index (χ0n) is 17.3. The number of nitrogens with one attached hydrogen (secondary N) is 2. The number of carbonyl (C=O) groups excluding carboxylic acids is 1. The molecule has 0 radical (unpaired) electrons. The standard InChI is InChI=1S/C21H22N6O3S/c1-13(2)19-23-20(25-24-19)14-8-4-6-10-16(14)22-18(28)12-27(3)21-15-9-5-7-11-17(15)31(29,30)26-21/h4-11,13H,12H2,1-3H3,(H,22,28)(H,23,24,25). The minimum Gasteiger partial charge on any atom is -0.349 e. The molecule has 2 heterocycles. The molecule has 1 amide bonds. The summed E-state index contributed by atoms with van der Waals surface area (Å²) in [6.45, 7) is 3.94. The highest BCUT2D eigenvalue weighted by molar-refractivity contribution is 7.90. The normalized spacial score (nSPS) is 14.3. The fraction of sp³-hybridized carbons (Fsp3) is 0.238. The number of H-pyrrole nitrogens is 1. The van der Waals surface area contributed by atoms with E-state index in [1.54, 1.807) is 31.3 Å². The van der Waals surface area contributed by atoms with Crippen molar-refractivity contribution in [1.29, 1.82) is 0 Å². The number of rotatable bonds is 5. The van der Waals surface area contributed by atoms with E-state index in [0.717, 1.165) is 5.82 Å². The van der Waals surface area contributed by atoms with E-state index in [2.05, 4.69) is 24.9 Å². The van der Waals surface area contributed by atoms with E-state index in [1.807, 2.05) is 32.0 Å². The molecule has 9 nitrogen and oxygen atoms in total. The van der Waals surface area contributed by atoms with Gasteiger partial charge in [-0.15, -0.1) is 4.40 Å². The molecule has 1 aromatic heterocycles. The van der Waals surface area contributed by atoms with Gasteiger partial charge in [0.25, 0.3) is 10.0 Å². The molecule has 1 aliphatic rings. The molecule has 0 saturated carbocycles. The molecular formula is C21H22N6O3S. The van der Waals surface area contributed by atoms with Gasteiger partial charge in [-0.1, -0.05) is 38.1 Å². The van der Waals surface area contributed by atoms with E-state index in [1.165, 1.54) is 11.0 Å². The molecule has 0 saturated heterocycles. The van der Waals surface area contributed by atoms with Crippen LogP contribution in [0.3, 0.4) is 0 Å². The quantitative estimate of drug-likeness (QED) is 0.632. The highest BCUT2D eigenvalue weighted by atomic mass is 32.2. The molecule has 0 unspecified atom stereocenters. The molecule has 0 spiro atoms. The van der Waals surface area contributed by atoms with Gasteiger partial charge in [0.2, 0.25) is 5.91 Å². The summed E-state index contributed by atoms with van der Waals surface area (Å²) in [5.74, 6) is 1.37. The Morgan fingerprint density at radius 1 is 1.10 bits per heavy atom. The van der Waals surface area contributed by atoms with Crippen LogP contribution < -0.4 is 5.32 Å². The number of amides is 1. The van der Waals surface area contributed by atoms with Crippen molar-refractivity contribution >= 4 is 27.5 Å². The van der Waals surface area contributed by atoms with Gasteiger partial charge in [-0.2, -0.15) is 13.5 Å². The van der Waals surface area contributed by atoms with Gasteiger partial charge in [0.1, 0.15) is 10.7 Å². The van der Waals surface area contributed by atoms with Gasteiger partial charge in [-0.25, -0.2) is 4.98 Å². The van der Waals surface area contributed by atoms with Gasteiger partial charge >= 0.3 is 0 Å². The number of para-hydroxylation sites is 1. The van der Waals surface area contributed by atoms with E-state index in [9.17, 15) is 13.2 Å².